The number of benzene rings is 2. The second kappa shape index (κ2) is 5.98. The van der Waals surface area contributed by atoms with Crippen molar-refractivity contribution in [1.82, 2.24) is 4.65 Å². The Labute approximate surface area is 129 Å². The smallest absolute Gasteiger partial charge is 0.132 e. The SMILES string of the molecule is C[N+](C)([O-])c1ccc(C=Cc2c(Cl)cccc2Cl)cc1. The first kappa shape index (κ1) is 15.1. The summed E-state index contributed by atoms with van der Waals surface area (Å²) in [6, 6.07) is 12.8. The van der Waals surface area contributed by atoms with Crippen molar-refractivity contribution in [2.75, 3.05) is 14.1 Å². The van der Waals surface area contributed by atoms with E-state index in [1.54, 1.807) is 26.2 Å². The van der Waals surface area contributed by atoms with E-state index in [9.17, 15) is 5.21 Å². The second-order valence-corrected chi connectivity index (χ2v) is 5.73. The number of rotatable bonds is 3. The molecule has 0 aromatic heterocycles. The highest BCUT2D eigenvalue weighted by Gasteiger charge is 2.06. The van der Waals surface area contributed by atoms with Gasteiger partial charge in [-0.25, -0.2) is 0 Å². The Balaban J connectivity index is 2.24. The van der Waals surface area contributed by atoms with Crippen LogP contribution in [0.25, 0.3) is 12.2 Å². The Morgan fingerprint density at radius 3 is 1.95 bits per heavy atom. The number of quaternary nitrogens is 1. The molecule has 2 aromatic carbocycles. The standard InChI is InChI=1S/C16H15Cl2NO/c1-19(2,20)13-9-6-12(7-10-13)8-11-14-15(17)4-3-5-16(14)18/h3-11H,1-2H3. The number of hydrogen-bond acceptors (Lipinski definition) is 1. The normalized spacial score (nSPS) is 12.1. The van der Waals surface area contributed by atoms with Gasteiger partial charge in [-0.15, -0.1) is 0 Å². The van der Waals surface area contributed by atoms with E-state index in [-0.39, 0.29) is 0 Å². The van der Waals surface area contributed by atoms with Crippen LogP contribution < -0.4 is 4.65 Å². The minimum atomic E-state index is -0.444. The van der Waals surface area contributed by atoms with Crippen molar-refractivity contribution in [3.63, 3.8) is 0 Å². The van der Waals surface area contributed by atoms with Crippen LogP contribution in [0.4, 0.5) is 5.69 Å². The molecule has 0 amide bonds. The molecule has 0 fully saturated rings. The summed E-state index contributed by atoms with van der Waals surface area (Å²) in [5.41, 5.74) is 2.48. The lowest BCUT2D eigenvalue weighted by molar-refractivity contribution is 0.543. The predicted molar refractivity (Wildman–Crippen MR) is 88.8 cm³/mol. The minimum Gasteiger partial charge on any atom is -0.628 e. The number of hydrogen-bond donors (Lipinski definition) is 0. The van der Waals surface area contributed by atoms with E-state index in [4.69, 9.17) is 23.2 Å². The molecule has 0 heterocycles. The fourth-order valence-electron chi connectivity index (χ4n) is 1.79. The van der Waals surface area contributed by atoms with Gasteiger partial charge in [0.05, 0.1) is 14.1 Å². The van der Waals surface area contributed by atoms with E-state index >= 15 is 0 Å². The second-order valence-electron chi connectivity index (χ2n) is 4.91. The number of hydroxylamine groups is 2. The van der Waals surface area contributed by atoms with Gasteiger partial charge in [0.2, 0.25) is 0 Å². The fraction of sp³-hybridized carbons (Fsp3) is 0.125. The van der Waals surface area contributed by atoms with Crippen molar-refractivity contribution in [1.29, 1.82) is 0 Å². The molecule has 0 atom stereocenters. The van der Waals surface area contributed by atoms with E-state index in [1.807, 2.05) is 42.5 Å². The van der Waals surface area contributed by atoms with Gasteiger partial charge in [0.15, 0.2) is 0 Å². The van der Waals surface area contributed by atoms with E-state index in [2.05, 4.69) is 0 Å². The van der Waals surface area contributed by atoms with Gasteiger partial charge in [-0.05, 0) is 42.0 Å². The van der Waals surface area contributed by atoms with Crippen LogP contribution >= 0.6 is 23.2 Å². The van der Waals surface area contributed by atoms with Crippen LogP contribution in [-0.2, 0) is 0 Å². The number of nitrogens with zero attached hydrogens (tertiary/aromatic N) is 1. The largest absolute Gasteiger partial charge is 0.628 e. The van der Waals surface area contributed by atoms with E-state index < -0.39 is 4.65 Å². The molecule has 4 heteroatoms. The third-order valence-corrected chi connectivity index (χ3v) is 3.62. The zero-order valence-electron chi connectivity index (χ0n) is 11.3. The van der Waals surface area contributed by atoms with Crippen LogP contribution in [0.2, 0.25) is 10.0 Å². The third kappa shape index (κ3) is 3.62. The summed E-state index contributed by atoms with van der Waals surface area (Å²) in [5, 5.41) is 13.0. The molecule has 0 aliphatic heterocycles. The van der Waals surface area contributed by atoms with E-state index in [0.29, 0.717) is 15.7 Å². The Morgan fingerprint density at radius 2 is 1.45 bits per heavy atom. The summed E-state index contributed by atoms with van der Waals surface area (Å²) >= 11 is 12.2. The summed E-state index contributed by atoms with van der Waals surface area (Å²) < 4.78 is -0.444. The summed E-state index contributed by atoms with van der Waals surface area (Å²) in [4.78, 5) is 0. The van der Waals surface area contributed by atoms with Crippen molar-refractivity contribution in [3.8, 4) is 0 Å². The lowest BCUT2D eigenvalue weighted by Gasteiger charge is -2.33. The molecule has 0 spiro atoms. The van der Waals surface area contributed by atoms with Crippen LogP contribution in [0.15, 0.2) is 42.5 Å². The molecule has 0 saturated carbocycles. The zero-order chi connectivity index (χ0) is 14.8. The Kier molecular flexibility index (Phi) is 4.51. The van der Waals surface area contributed by atoms with Gasteiger partial charge in [-0.1, -0.05) is 41.4 Å². The summed E-state index contributed by atoms with van der Waals surface area (Å²) in [6.07, 6.45) is 3.79. The summed E-state index contributed by atoms with van der Waals surface area (Å²) in [7, 11) is 3.18. The van der Waals surface area contributed by atoms with Crippen molar-refractivity contribution in [2.24, 2.45) is 0 Å². The van der Waals surface area contributed by atoms with Gasteiger partial charge >= 0.3 is 0 Å². The molecule has 0 N–H and O–H groups in total. The van der Waals surface area contributed by atoms with Crippen LogP contribution in [-0.4, -0.2) is 14.1 Å². The Hall–Kier alpha value is -1.32. The molecular weight excluding hydrogens is 293 g/mol. The summed E-state index contributed by atoms with van der Waals surface area (Å²) in [6.45, 7) is 0. The minimum absolute atomic E-state index is 0.444. The molecule has 104 valence electrons. The molecule has 0 saturated heterocycles. The average Bonchev–Trinajstić information content (AvgIpc) is 2.37. The topological polar surface area (TPSA) is 23.1 Å². The maximum atomic E-state index is 11.8. The Bertz CT molecular complexity index is 608. The number of halogens is 2. The molecule has 0 aliphatic carbocycles. The van der Waals surface area contributed by atoms with Crippen LogP contribution in [0, 0.1) is 5.21 Å². The molecule has 2 aromatic rings. The van der Waals surface area contributed by atoms with Crippen molar-refractivity contribution < 1.29 is 0 Å². The third-order valence-electron chi connectivity index (χ3n) is 2.96. The monoisotopic (exact) mass is 307 g/mol. The van der Waals surface area contributed by atoms with E-state index in [0.717, 1.165) is 11.1 Å². The molecule has 0 aliphatic rings. The van der Waals surface area contributed by atoms with Gasteiger partial charge in [-0.2, -0.15) is 0 Å². The predicted octanol–water partition coefficient (Wildman–Crippen LogP) is 5.23. The molecule has 0 bridgehead atoms. The van der Waals surface area contributed by atoms with Crippen molar-refractivity contribution in [2.45, 2.75) is 0 Å². The van der Waals surface area contributed by atoms with Gasteiger partial charge < -0.3 is 9.85 Å². The first-order valence-electron chi connectivity index (χ1n) is 6.15. The average molecular weight is 308 g/mol. The van der Waals surface area contributed by atoms with Crippen LogP contribution in [0.5, 0.6) is 0 Å². The summed E-state index contributed by atoms with van der Waals surface area (Å²) in [5.74, 6) is 0. The molecule has 0 radical (unpaired) electrons. The highest BCUT2D eigenvalue weighted by molar-refractivity contribution is 6.37. The lowest BCUT2D eigenvalue weighted by Crippen LogP contribution is -2.32. The lowest BCUT2D eigenvalue weighted by atomic mass is 10.1. The first-order chi connectivity index (χ1) is 9.38. The highest BCUT2D eigenvalue weighted by atomic mass is 35.5. The molecule has 0 unspecified atom stereocenters. The maximum absolute atomic E-state index is 11.8. The quantitative estimate of drug-likeness (QED) is 0.432. The Morgan fingerprint density at radius 1 is 0.900 bits per heavy atom. The molecular formula is C16H15Cl2NO. The zero-order valence-corrected chi connectivity index (χ0v) is 12.8. The molecule has 2 rings (SSSR count). The van der Waals surface area contributed by atoms with Gasteiger partial charge in [0.1, 0.15) is 5.69 Å². The molecule has 2 nitrogen and oxygen atoms in total. The fourth-order valence-corrected chi connectivity index (χ4v) is 2.32. The van der Waals surface area contributed by atoms with Crippen LogP contribution in [0.3, 0.4) is 0 Å². The molecule has 20 heavy (non-hydrogen) atoms. The first-order valence-corrected chi connectivity index (χ1v) is 6.91. The van der Waals surface area contributed by atoms with E-state index in [1.165, 1.54) is 0 Å². The van der Waals surface area contributed by atoms with Crippen LogP contribution in [0.1, 0.15) is 11.1 Å². The highest BCUT2D eigenvalue weighted by Crippen LogP contribution is 2.26. The van der Waals surface area contributed by atoms with Gasteiger partial charge in [0, 0.05) is 15.6 Å². The van der Waals surface area contributed by atoms with Gasteiger partial charge in [-0.3, -0.25) is 0 Å². The maximum Gasteiger partial charge on any atom is 0.132 e. The van der Waals surface area contributed by atoms with Crippen molar-refractivity contribution >= 4 is 41.0 Å². The van der Waals surface area contributed by atoms with Crippen molar-refractivity contribution in [3.05, 3.63) is 68.8 Å². The van der Waals surface area contributed by atoms with Gasteiger partial charge in [0.25, 0.3) is 0 Å².